The molecule has 2 heterocycles. The van der Waals surface area contributed by atoms with Gasteiger partial charge in [0.1, 0.15) is 5.75 Å². The monoisotopic (exact) mass is 392 g/mol. The summed E-state index contributed by atoms with van der Waals surface area (Å²) in [5.41, 5.74) is 2.74. The van der Waals surface area contributed by atoms with Gasteiger partial charge in [0.25, 0.3) is 5.91 Å². The van der Waals surface area contributed by atoms with Gasteiger partial charge in [-0.25, -0.2) is 0 Å². The van der Waals surface area contributed by atoms with Gasteiger partial charge >= 0.3 is 0 Å². The van der Waals surface area contributed by atoms with E-state index in [1.54, 1.807) is 11.8 Å². The van der Waals surface area contributed by atoms with E-state index in [9.17, 15) is 4.79 Å². The maximum absolute atomic E-state index is 12.7. The predicted octanol–water partition coefficient (Wildman–Crippen LogP) is 1.94. The Labute approximate surface area is 169 Å². The first kappa shape index (κ1) is 19.1. The van der Waals surface area contributed by atoms with Crippen LogP contribution in [-0.2, 0) is 6.54 Å². The molecule has 150 valence electrons. The molecule has 8 heteroatoms. The van der Waals surface area contributed by atoms with Crippen molar-refractivity contribution < 1.29 is 9.53 Å². The number of carbonyl (C=O) groups is 1. The van der Waals surface area contributed by atoms with E-state index in [2.05, 4.69) is 20.4 Å². The molecule has 3 aromatic rings. The highest BCUT2D eigenvalue weighted by atomic mass is 16.5. The van der Waals surface area contributed by atoms with E-state index in [4.69, 9.17) is 4.74 Å². The summed E-state index contributed by atoms with van der Waals surface area (Å²) in [6.07, 6.45) is 0. The number of ether oxygens (including phenoxy) is 1. The molecular formula is C21H24N6O2. The Balaban J connectivity index is 1.38. The second-order valence-corrected chi connectivity index (χ2v) is 7.14. The fourth-order valence-electron chi connectivity index (χ4n) is 3.50. The third-order valence-electron chi connectivity index (χ3n) is 5.14. The third-order valence-corrected chi connectivity index (χ3v) is 5.14. The minimum atomic E-state index is 0.0939. The first-order valence-electron chi connectivity index (χ1n) is 9.64. The first-order valence-corrected chi connectivity index (χ1v) is 9.64. The van der Waals surface area contributed by atoms with Crippen molar-refractivity contribution in [1.82, 2.24) is 30.0 Å². The van der Waals surface area contributed by atoms with Gasteiger partial charge in [-0.3, -0.25) is 9.69 Å². The number of tetrazole rings is 1. The molecule has 0 aliphatic carbocycles. The van der Waals surface area contributed by atoms with Crippen molar-refractivity contribution in [2.24, 2.45) is 0 Å². The number of methoxy groups -OCH3 is 1. The van der Waals surface area contributed by atoms with Crippen LogP contribution >= 0.6 is 0 Å². The maximum Gasteiger partial charge on any atom is 0.253 e. The standard InChI is InChI=1S/C21H24N6O2/c1-16-4-3-5-17(14-16)21(28)26-12-10-25(11-13-26)15-20-22-23-24-27(20)18-6-8-19(29-2)9-7-18/h3-9,14H,10-13,15H2,1-2H3. The van der Waals surface area contributed by atoms with Crippen molar-refractivity contribution in [3.63, 3.8) is 0 Å². The number of aryl methyl sites for hydroxylation is 1. The van der Waals surface area contributed by atoms with Gasteiger partial charge in [0.05, 0.1) is 19.3 Å². The Hall–Kier alpha value is -3.26. The normalized spacial score (nSPS) is 14.8. The predicted molar refractivity (Wildman–Crippen MR) is 108 cm³/mol. The molecule has 1 aliphatic heterocycles. The zero-order chi connectivity index (χ0) is 20.2. The second kappa shape index (κ2) is 8.40. The van der Waals surface area contributed by atoms with Crippen molar-refractivity contribution in [2.75, 3.05) is 33.3 Å². The van der Waals surface area contributed by atoms with E-state index < -0.39 is 0 Å². The van der Waals surface area contributed by atoms with Gasteiger partial charge in [-0.1, -0.05) is 17.7 Å². The minimum Gasteiger partial charge on any atom is -0.497 e. The Bertz CT molecular complexity index is 977. The van der Waals surface area contributed by atoms with E-state index >= 15 is 0 Å². The van der Waals surface area contributed by atoms with Crippen LogP contribution in [0, 0.1) is 6.92 Å². The Morgan fingerprint density at radius 2 is 1.83 bits per heavy atom. The van der Waals surface area contributed by atoms with Crippen LogP contribution in [0.2, 0.25) is 0 Å². The number of hydrogen-bond acceptors (Lipinski definition) is 6. The quantitative estimate of drug-likeness (QED) is 0.661. The second-order valence-electron chi connectivity index (χ2n) is 7.14. The summed E-state index contributed by atoms with van der Waals surface area (Å²) in [5, 5.41) is 12.1. The Morgan fingerprint density at radius 1 is 1.07 bits per heavy atom. The van der Waals surface area contributed by atoms with Gasteiger partial charge in [-0.05, 0) is 53.7 Å². The van der Waals surface area contributed by atoms with Crippen LogP contribution in [0.1, 0.15) is 21.7 Å². The fraction of sp³-hybridized carbons (Fsp3) is 0.333. The molecule has 2 aromatic carbocycles. The van der Waals surface area contributed by atoms with Gasteiger partial charge in [-0.2, -0.15) is 4.68 Å². The third kappa shape index (κ3) is 4.27. The molecule has 4 rings (SSSR count). The molecule has 0 atom stereocenters. The van der Waals surface area contributed by atoms with E-state index in [-0.39, 0.29) is 5.91 Å². The molecule has 29 heavy (non-hydrogen) atoms. The molecule has 1 saturated heterocycles. The SMILES string of the molecule is COc1ccc(-n2nnnc2CN2CCN(C(=O)c3cccc(C)c3)CC2)cc1. The fourth-order valence-corrected chi connectivity index (χ4v) is 3.50. The lowest BCUT2D eigenvalue weighted by Gasteiger charge is -2.34. The van der Waals surface area contributed by atoms with Gasteiger partial charge in [-0.15, -0.1) is 5.10 Å². The summed E-state index contributed by atoms with van der Waals surface area (Å²) in [6.45, 7) is 5.58. The number of piperazine rings is 1. The summed E-state index contributed by atoms with van der Waals surface area (Å²) in [4.78, 5) is 16.9. The molecule has 8 nitrogen and oxygen atoms in total. The number of rotatable bonds is 5. The van der Waals surface area contributed by atoms with E-state index in [0.29, 0.717) is 19.6 Å². The van der Waals surface area contributed by atoms with Crippen LogP contribution in [-0.4, -0.2) is 69.2 Å². The van der Waals surface area contributed by atoms with Crippen molar-refractivity contribution in [3.8, 4) is 11.4 Å². The number of benzene rings is 2. The average Bonchev–Trinajstić information content (AvgIpc) is 3.22. The van der Waals surface area contributed by atoms with Gasteiger partial charge in [0.15, 0.2) is 5.82 Å². The zero-order valence-electron chi connectivity index (χ0n) is 16.7. The largest absolute Gasteiger partial charge is 0.497 e. The van der Waals surface area contributed by atoms with Gasteiger partial charge in [0, 0.05) is 31.7 Å². The van der Waals surface area contributed by atoms with Crippen molar-refractivity contribution >= 4 is 5.91 Å². The summed E-state index contributed by atoms with van der Waals surface area (Å²) in [6, 6.07) is 15.4. The summed E-state index contributed by atoms with van der Waals surface area (Å²) in [7, 11) is 1.64. The highest BCUT2D eigenvalue weighted by Crippen LogP contribution is 2.16. The lowest BCUT2D eigenvalue weighted by Crippen LogP contribution is -2.48. The minimum absolute atomic E-state index is 0.0939. The topological polar surface area (TPSA) is 76.4 Å². The molecule has 1 amide bonds. The average molecular weight is 392 g/mol. The lowest BCUT2D eigenvalue weighted by molar-refractivity contribution is 0.0624. The van der Waals surface area contributed by atoms with Crippen molar-refractivity contribution in [1.29, 1.82) is 0 Å². The molecule has 0 saturated carbocycles. The molecule has 0 bridgehead atoms. The summed E-state index contributed by atoms with van der Waals surface area (Å²) >= 11 is 0. The summed E-state index contributed by atoms with van der Waals surface area (Å²) < 4.78 is 6.94. The summed E-state index contributed by atoms with van der Waals surface area (Å²) in [5.74, 6) is 1.66. The number of carbonyl (C=O) groups excluding carboxylic acids is 1. The van der Waals surface area contributed by atoms with Crippen LogP contribution in [0.15, 0.2) is 48.5 Å². The van der Waals surface area contributed by atoms with Crippen LogP contribution in [0.3, 0.4) is 0 Å². The highest BCUT2D eigenvalue weighted by Gasteiger charge is 2.23. The van der Waals surface area contributed by atoms with Gasteiger partial charge < -0.3 is 9.64 Å². The lowest BCUT2D eigenvalue weighted by atomic mass is 10.1. The molecule has 1 aliphatic rings. The molecule has 0 radical (unpaired) electrons. The van der Waals surface area contributed by atoms with Crippen molar-refractivity contribution in [3.05, 3.63) is 65.5 Å². The smallest absolute Gasteiger partial charge is 0.253 e. The number of amides is 1. The number of aromatic nitrogens is 4. The van der Waals surface area contributed by atoms with Crippen LogP contribution in [0.4, 0.5) is 0 Å². The van der Waals surface area contributed by atoms with Crippen LogP contribution in [0.5, 0.6) is 5.75 Å². The highest BCUT2D eigenvalue weighted by molar-refractivity contribution is 5.94. The van der Waals surface area contributed by atoms with Crippen LogP contribution in [0.25, 0.3) is 5.69 Å². The number of hydrogen-bond donors (Lipinski definition) is 0. The van der Waals surface area contributed by atoms with Crippen molar-refractivity contribution in [2.45, 2.75) is 13.5 Å². The van der Waals surface area contributed by atoms with E-state index in [1.165, 1.54) is 0 Å². The first-order chi connectivity index (χ1) is 14.1. The molecule has 0 spiro atoms. The molecule has 1 aromatic heterocycles. The Morgan fingerprint density at radius 3 is 2.52 bits per heavy atom. The van der Waals surface area contributed by atoms with Gasteiger partial charge in [0.2, 0.25) is 0 Å². The number of nitrogens with zero attached hydrogens (tertiary/aromatic N) is 6. The van der Waals surface area contributed by atoms with E-state index in [0.717, 1.165) is 41.5 Å². The molecule has 0 unspecified atom stereocenters. The van der Waals surface area contributed by atoms with Crippen LogP contribution < -0.4 is 4.74 Å². The van der Waals surface area contributed by atoms with E-state index in [1.807, 2.05) is 60.4 Å². The molecular weight excluding hydrogens is 368 g/mol. The molecule has 0 N–H and O–H groups in total. The Kier molecular flexibility index (Phi) is 5.53. The maximum atomic E-state index is 12.7. The molecule has 1 fully saturated rings. The zero-order valence-corrected chi connectivity index (χ0v) is 16.7.